The Labute approximate surface area is 150 Å². The summed E-state index contributed by atoms with van der Waals surface area (Å²) in [4.78, 5) is 19.4. The van der Waals surface area contributed by atoms with E-state index in [9.17, 15) is 4.79 Å². The Morgan fingerprint density at radius 2 is 2.00 bits per heavy atom. The maximum atomic E-state index is 12.7. The molecule has 1 aliphatic carbocycles. The Balaban J connectivity index is 1.61. The molecule has 1 aromatic carbocycles. The SMILES string of the molecule is CCN(CC)c1ccc(CNC(=O)C2CCCc3ccccc32)cn1. The highest BCUT2D eigenvalue weighted by molar-refractivity contribution is 5.84. The zero-order chi connectivity index (χ0) is 17.6. The predicted octanol–water partition coefficient (Wildman–Crippen LogP) is 3.66. The number of pyridine rings is 1. The third-order valence-corrected chi connectivity index (χ3v) is 5.05. The van der Waals surface area contributed by atoms with Gasteiger partial charge in [-0.3, -0.25) is 4.79 Å². The molecule has 1 aromatic heterocycles. The molecule has 1 unspecified atom stereocenters. The van der Waals surface area contributed by atoms with Gasteiger partial charge in [-0.05, 0) is 55.9 Å². The molecule has 0 spiro atoms. The fraction of sp³-hybridized carbons (Fsp3) is 0.429. The number of carbonyl (C=O) groups is 1. The van der Waals surface area contributed by atoms with Gasteiger partial charge in [0.2, 0.25) is 5.91 Å². The molecule has 0 fully saturated rings. The van der Waals surface area contributed by atoms with E-state index in [1.54, 1.807) is 0 Å². The number of anilines is 1. The Hall–Kier alpha value is -2.36. The molecule has 4 heteroatoms. The summed E-state index contributed by atoms with van der Waals surface area (Å²) in [6.07, 6.45) is 4.96. The van der Waals surface area contributed by atoms with E-state index in [4.69, 9.17) is 0 Å². The summed E-state index contributed by atoms with van der Waals surface area (Å²) in [6, 6.07) is 12.4. The summed E-state index contributed by atoms with van der Waals surface area (Å²) in [6.45, 7) is 6.67. The van der Waals surface area contributed by atoms with Crippen molar-refractivity contribution in [3.63, 3.8) is 0 Å². The molecular weight excluding hydrogens is 310 g/mol. The minimum Gasteiger partial charge on any atom is -0.357 e. The van der Waals surface area contributed by atoms with Gasteiger partial charge in [0.15, 0.2) is 0 Å². The smallest absolute Gasteiger partial charge is 0.227 e. The van der Waals surface area contributed by atoms with Crippen molar-refractivity contribution in [2.24, 2.45) is 0 Å². The first-order chi connectivity index (χ1) is 12.2. The molecular formula is C21H27N3O. The minimum absolute atomic E-state index is 0.0205. The van der Waals surface area contributed by atoms with Crippen molar-refractivity contribution in [2.75, 3.05) is 18.0 Å². The normalized spacial score (nSPS) is 16.2. The molecule has 1 N–H and O–H groups in total. The van der Waals surface area contributed by atoms with Gasteiger partial charge in [0.1, 0.15) is 5.82 Å². The van der Waals surface area contributed by atoms with Crippen LogP contribution in [0, 0.1) is 0 Å². The summed E-state index contributed by atoms with van der Waals surface area (Å²) < 4.78 is 0. The van der Waals surface area contributed by atoms with E-state index < -0.39 is 0 Å². The van der Waals surface area contributed by atoms with Gasteiger partial charge >= 0.3 is 0 Å². The van der Waals surface area contributed by atoms with Crippen LogP contribution < -0.4 is 10.2 Å². The van der Waals surface area contributed by atoms with Crippen molar-refractivity contribution in [1.29, 1.82) is 0 Å². The van der Waals surface area contributed by atoms with Crippen LogP contribution in [0.3, 0.4) is 0 Å². The van der Waals surface area contributed by atoms with Crippen LogP contribution in [0.4, 0.5) is 5.82 Å². The lowest BCUT2D eigenvalue weighted by atomic mass is 9.82. The first-order valence-corrected chi connectivity index (χ1v) is 9.28. The van der Waals surface area contributed by atoms with Gasteiger partial charge in [-0.15, -0.1) is 0 Å². The number of nitrogens with zero attached hydrogens (tertiary/aromatic N) is 2. The molecule has 1 heterocycles. The van der Waals surface area contributed by atoms with Gasteiger partial charge in [0.05, 0.1) is 5.92 Å². The number of aryl methyl sites for hydroxylation is 1. The number of nitrogens with one attached hydrogen (secondary N) is 1. The Bertz CT molecular complexity index is 707. The van der Waals surface area contributed by atoms with Crippen LogP contribution in [0.15, 0.2) is 42.6 Å². The summed E-state index contributed by atoms with van der Waals surface area (Å²) in [5.74, 6) is 1.09. The van der Waals surface area contributed by atoms with Crippen molar-refractivity contribution in [1.82, 2.24) is 10.3 Å². The standard InChI is InChI=1S/C21H27N3O/c1-3-24(4-2)20-13-12-16(14-22-20)15-23-21(25)19-11-7-9-17-8-5-6-10-18(17)19/h5-6,8,10,12-14,19H,3-4,7,9,11,15H2,1-2H3,(H,23,25). The van der Waals surface area contributed by atoms with E-state index >= 15 is 0 Å². The highest BCUT2D eigenvalue weighted by Crippen LogP contribution is 2.31. The molecule has 0 aliphatic heterocycles. The van der Waals surface area contributed by atoms with E-state index in [0.717, 1.165) is 43.7 Å². The van der Waals surface area contributed by atoms with Crippen LogP contribution in [0.2, 0.25) is 0 Å². The van der Waals surface area contributed by atoms with E-state index in [1.807, 2.05) is 18.3 Å². The van der Waals surface area contributed by atoms with Gasteiger partial charge in [-0.1, -0.05) is 30.3 Å². The topological polar surface area (TPSA) is 45.2 Å². The fourth-order valence-electron chi connectivity index (χ4n) is 3.59. The number of rotatable bonds is 6. The Kier molecular flexibility index (Phi) is 5.69. The van der Waals surface area contributed by atoms with Crippen molar-refractivity contribution in [3.8, 4) is 0 Å². The highest BCUT2D eigenvalue weighted by atomic mass is 16.1. The molecule has 0 radical (unpaired) electrons. The van der Waals surface area contributed by atoms with Gasteiger partial charge in [-0.25, -0.2) is 4.98 Å². The van der Waals surface area contributed by atoms with Gasteiger partial charge in [-0.2, -0.15) is 0 Å². The number of hydrogen-bond acceptors (Lipinski definition) is 3. The van der Waals surface area contributed by atoms with Gasteiger partial charge in [0.25, 0.3) is 0 Å². The Morgan fingerprint density at radius 3 is 2.72 bits per heavy atom. The number of carbonyl (C=O) groups excluding carboxylic acids is 1. The molecule has 1 atom stereocenters. The fourth-order valence-corrected chi connectivity index (χ4v) is 3.59. The quantitative estimate of drug-likeness (QED) is 0.875. The summed E-state index contributed by atoms with van der Waals surface area (Å²) in [5, 5.41) is 3.09. The number of benzene rings is 1. The highest BCUT2D eigenvalue weighted by Gasteiger charge is 2.25. The van der Waals surface area contributed by atoms with Crippen LogP contribution in [-0.2, 0) is 17.8 Å². The van der Waals surface area contributed by atoms with E-state index in [1.165, 1.54) is 11.1 Å². The molecule has 132 valence electrons. The first kappa shape index (κ1) is 17.5. The summed E-state index contributed by atoms with van der Waals surface area (Å²) >= 11 is 0. The van der Waals surface area contributed by atoms with Gasteiger partial charge in [0, 0.05) is 25.8 Å². The maximum Gasteiger partial charge on any atom is 0.227 e. The molecule has 0 saturated heterocycles. The second kappa shape index (κ2) is 8.15. The molecule has 0 bridgehead atoms. The second-order valence-corrected chi connectivity index (χ2v) is 6.56. The number of amides is 1. The zero-order valence-electron chi connectivity index (χ0n) is 15.2. The van der Waals surface area contributed by atoms with Crippen molar-refractivity contribution < 1.29 is 4.79 Å². The molecule has 0 saturated carbocycles. The second-order valence-electron chi connectivity index (χ2n) is 6.56. The molecule has 1 amide bonds. The third-order valence-electron chi connectivity index (χ3n) is 5.05. The van der Waals surface area contributed by atoms with Crippen molar-refractivity contribution >= 4 is 11.7 Å². The van der Waals surface area contributed by atoms with Crippen LogP contribution in [0.1, 0.15) is 49.3 Å². The van der Waals surface area contributed by atoms with Crippen LogP contribution in [-0.4, -0.2) is 24.0 Å². The number of fused-ring (bicyclic) bond motifs is 1. The zero-order valence-corrected chi connectivity index (χ0v) is 15.2. The third kappa shape index (κ3) is 4.01. The molecule has 1 aliphatic rings. The average molecular weight is 337 g/mol. The first-order valence-electron chi connectivity index (χ1n) is 9.28. The lowest BCUT2D eigenvalue weighted by molar-refractivity contribution is -0.123. The van der Waals surface area contributed by atoms with E-state index in [0.29, 0.717) is 6.54 Å². The average Bonchev–Trinajstić information content (AvgIpc) is 2.67. The number of hydrogen-bond donors (Lipinski definition) is 1. The van der Waals surface area contributed by atoms with Gasteiger partial charge < -0.3 is 10.2 Å². The lowest BCUT2D eigenvalue weighted by Gasteiger charge is -2.24. The summed E-state index contributed by atoms with van der Waals surface area (Å²) in [5.41, 5.74) is 3.55. The maximum absolute atomic E-state index is 12.7. The summed E-state index contributed by atoms with van der Waals surface area (Å²) in [7, 11) is 0. The predicted molar refractivity (Wildman–Crippen MR) is 102 cm³/mol. The van der Waals surface area contributed by atoms with E-state index in [2.05, 4.69) is 53.3 Å². The minimum atomic E-state index is -0.0205. The largest absolute Gasteiger partial charge is 0.357 e. The molecule has 2 aromatic rings. The van der Waals surface area contributed by atoms with E-state index in [-0.39, 0.29) is 11.8 Å². The van der Waals surface area contributed by atoms with Crippen LogP contribution >= 0.6 is 0 Å². The molecule has 4 nitrogen and oxygen atoms in total. The molecule has 25 heavy (non-hydrogen) atoms. The lowest BCUT2D eigenvalue weighted by Crippen LogP contribution is -2.31. The van der Waals surface area contributed by atoms with Crippen molar-refractivity contribution in [2.45, 2.75) is 45.6 Å². The van der Waals surface area contributed by atoms with Crippen LogP contribution in [0.25, 0.3) is 0 Å². The number of aromatic nitrogens is 1. The molecule has 3 rings (SSSR count). The Morgan fingerprint density at radius 1 is 1.20 bits per heavy atom. The van der Waals surface area contributed by atoms with Crippen molar-refractivity contribution in [3.05, 3.63) is 59.3 Å². The monoisotopic (exact) mass is 337 g/mol. The van der Waals surface area contributed by atoms with Crippen LogP contribution in [0.5, 0.6) is 0 Å².